The molecule has 1 amide bonds. The zero-order valence-electron chi connectivity index (χ0n) is 19.8. The molecule has 0 fully saturated rings. The van der Waals surface area contributed by atoms with E-state index in [1.807, 2.05) is 16.7 Å². The number of nitrogens with one attached hydrogen (secondary N) is 1. The number of thiazole rings is 1. The minimum absolute atomic E-state index is 0.0705. The van der Waals surface area contributed by atoms with E-state index in [-0.39, 0.29) is 16.1 Å². The molecular formula is C26H23N3O6S2. The van der Waals surface area contributed by atoms with E-state index >= 15 is 0 Å². The highest BCUT2D eigenvalue weighted by Gasteiger charge is 2.18. The molecule has 4 aromatic rings. The molecule has 0 aliphatic carbocycles. The van der Waals surface area contributed by atoms with E-state index < -0.39 is 15.9 Å². The quantitative estimate of drug-likeness (QED) is 0.354. The fourth-order valence-corrected chi connectivity index (χ4v) is 5.93. The lowest BCUT2D eigenvalue weighted by Gasteiger charge is -2.18. The van der Waals surface area contributed by atoms with Gasteiger partial charge in [-0.3, -0.25) is 9.52 Å². The summed E-state index contributed by atoms with van der Waals surface area (Å²) in [6.45, 7) is 5.20. The third-order valence-electron chi connectivity index (χ3n) is 5.59. The highest BCUT2D eigenvalue weighted by Crippen LogP contribution is 2.35. The van der Waals surface area contributed by atoms with Crippen molar-refractivity contribution in [1.29, 1.82) is 0 Å². The van der Waals surface area contributed by atoms with Gasteiger partial charge in [-0.05, 0) is 42.5 Å². The van der Waals surface area contributed by atoms with E-state index in [0.29, 0.717) is 41.8 Å². The van der Waals surface area contributed by atoms with Gasteiger partial charge in [0.05, 0.1) is 22.2 Å². The van der Waals surface area contributed by atoms with Crippen LogP contribution >= 0.6 is 11.3 Å². The first-order valence-corrected chi connectivity index (χ1v) is 13.6. The second-order valence-corrected chi connectivity index (χ2v) is 10.7. The molecule has 37 heavy (non-hydrogen) atoms. The Balaban J connectivity index is 1.46. The first kappa shape index (κ1) is 24.6. The third-order valence-corrected chi connectivity index (χ3v) is 8.03. The largest absolute Gasteiger partial charge is 0.497 e. The fraction of sp³-hybridized carbons (Fsp3) is 0.154. The van der Waals surface area contributed by atoms with Crippen LogP contribution in [0.25, 0.3) is 10.2 Å². The molecule has 5 rings (SSSR count). The molecule has 2 heterocycles. The number of ether oxygens (including phenoxy) is 3. The average molecular weight is 538 g/mol. The molecular weight excluding hydrogens is 514 g/mol. The number of rotatable bonds is 7. The summed E-state index contributed by atoms with van der Waals surface area (Å²) >= 11 is 1.34. The van der Waals surface area contributed by atoms with Crippen molar-refractivity contribution in [2.75, 3.05) is 25.0 Å². The monoisotopic (exact) mass is 537 g/mol. The maximum Gasteiger partial charge on any atom is 0.279 e. The van der Waals surface area contributed by atoms with E-state index in [1.54, 1.807) is 36.4 Å². The second kappa shape index (κ2) is 10.1. The third kappa shape index (κ3) is 5.09. The molecule has 0 atom stereocenters. The van der Waals surface area contributed by atoms with E-state index in [0.717, 1.165) is 10.2 Å². The predicted molar refractivity (Wildman–Crippen MR) is 141 cm³/mol. The van der Waals surface area contributed by atoms with Gasteiger partial charge >= 0.3 is 0 Å². The van der Waals surface area contributed by atoms with Crippen LogP contribution in [0.4, 0.5) is 5.69 Å². The number of anilines is 1. The molecule has 0 spiro atoms. The molecule has 1 N–H and O–H groups in total. The van der Waals surface area contributed by atoms with Crippen molar-refractivity contribution < 1.29 is 27.4 Å². The van der Waals surface area contributed by atoms with Crippen LogP contribution in [0.3, 0.4) is 0 Å². The molecule has 3 aromatic carbocycles. The number of allylic oxidation sites excluding steroid dienone is 1. The van der Waals surface area contributed by atoms with Crippen molar-refractivity contribution in [2.24, 2.45) is 4.99 Å². The minimum atomic E-state index is -3.86. The summed E-state index contributed by atoms with van der Waals surface area (Å²) < 4.78 is 47.3. The number of fused-ring (bicyclic) bond motifs is 2. The first-order chi connectivity index (χ1) is 17.9. The van der Waals surface area contributed by atoms with Crippen LogP contribution < -0.4 is 23.7 Å². The molecule has 0 saturated heterocycles. The van der Waals surface area contributed by atoms with Crippen LogP contribution in [0.2, 0.25) is 0 Å². The average Bonchev–Trinajstić information content (AvgIpc) is 3.23. The number of nitrogens with zero attached hydrogens (tertiary/aromatic N) is 2. The Bertz CT molecular complexity index is 1670. The number of sulfonamides is 1. The number of hydrogen-bond donors (Lipinski definition) is 1. The number of methoxy groups -OCH3 is 1. The van der Waals surface area contributed by atoms with Crippen LogP contribution in [-0.4, -0.2) is 39.2 Å². The van der Waals surface area contributed by atoms with Crippen LogP contribution in [0, 0.1) is 0 Å². The van der Waals surface area contributed by atoms with E-state index in [9.17, 15) is 13.2 Å². The Labute approximate surface area is 217 Å². The zero-order valence-corrected chi connectivity index (χ0v) is 21.5. The van der Waals surface area contributed by atoms with Crippen molar-refractivity contribution in [1.82, 2.24) is 4.57 Å². The Kier molecular flexibility index (Phi) is 6.72. The Morgan fingerprint density at radius 2 is 1.86 bits per heavy atom. The van der Waals surface area contributed by atoms with Gasteiger partial charge in [0, 0.05) is 29.9 Å². The molecule has 9 nitrogen and oxygen atoms in total. The van der Waals surface area contributed by atoms with Crippen molar-refractivity contribution in [3.8, 4) is 17.2 Å². The summed E-state index contributed by atoms with van der Waals surface area (Å²) in [7, 11) is -2.36. The first-order valence-electron chi connectivity index (χ1n) is 11.3. The molecule has 190 valence electrons. The van der Waals surface area contributed by atoms with Gasteiger partial charge in [0.15, 0.2) is 16.3 Å². The lowest BCUT2D eigenvalue weighted by molar-refractivity contribution is 0.0998. The maximum atomic E-state index is 13.1. The van der Waals surface area contributed by atoms with Gasteiger partial charge in [0.1, 0.15) is 19.0 Å². The minimum Gasteiger partial charge on any atom is -0.497 e. The lowest BCUT2D eigenvalue weighted by Crippen LogP contribution is -2.17. The molecule has 0 unspecified atom stereocenters. The molecule has 1 aliphatic rings. The summed E-state index contributed by atoms with van der Waals surface area (Å²) in [4.78, 5) is 18.0. The molecule has 11 heteroatoms. The van der Waals surface area contributed by atoms with Crippen LogP contribution in [-0.2, 0) is 16.6 Å². The maximum absolute atomic E-state index is 13.1. The van der Waals surface area contributed by atoms with Crippen LogP contribution in [0.15, 0.2) is 83.2 Å². The number of aromatic nitrogens is 1. The number of benzene rings is 3. The van der Waals surface area contributed by atoms with Crippen molar-refractivity contribution in [3.63, 3.8) is 0 Å². The summed E-state index contributed by atoms with van der Waals surface area (Å²) in [5.74, 6) is 1.33. The van der Waals surface area contributed by atoms with Crippen molar-refractivity contribution in [3.05, 3.63) is 83.7 Å². The molecule has 1 aliphatic heterocycles. The van der Waals surface area contributed by atoms with Gasteiger partial charge in [-0.1, -0.05) is 23.5 Å². The van der Waals surface area contributed by atoms with Gasteiger partial charge in [-0.2, -0.15) is 4.99 Å². The Morgan fingerprint density at radius 1 is 1.14 bits per heavy atom. The van der Waals surface area contributed by atoms with E-state index in [4.69, 9.17) is 14.2 Å². The van der Waals surface area contributed by atoms with E-state index in [1.165, 1.54) is 36.6 Å². The van der Waals surface area contributed by atoms with Gasteiger partial charge < -0.3 is 18.8 Å². The topological polar surface area (TPSA) is 108 Å². The van der Waals surface area contributed by atoms with E-state index in [2.05, 4.69) is 16.3 Å². The molecule has 0 saturated carbocycles. The summed E-state index contributed by atoms with van der Waals surface area (Å²) in [5, 5.41) is 0. The number of amides is 1. The van der Waals surface area contributed by atoms with Crippen LogP contribution in [0.5, 0.6) is 17.2 Å². The summed E-state index contributed by atoms with van der Waals surface area (Å²) in [5.41, 5.74) is 1.33. The lowest BCUT2D eigenvalue weighted by atomic mass is 10.2. The fourth-order valence-electron chi connectivity index (χ4n) is 3.83. The molecule has 0 bridgehead atoms. The Morgan fingerprint density at radius 3 is 2.57 bits per heavy atom. The van der Waals surface area contributed by atoms with Crippen LogP contribution in [0.1, 0.15) is 10.4 Å². The molecule has 1 aromatic heterocycles. The second-order valence-electron chi connectivity index (χ2n) is 8.03. The standard InChI is InChI=1S/C26H23N3O6S2/c1-3-11-29-21-15-22-23(35-13-12-34-22)16-24(21)36-26(29)27-25(30)17-5-4-6-18(14-17)28-37(31,32)20-9-7-19(33-2)8-10-20/h3-10,14-16,28H,1,11-13H2,2H3. The van der Waals surface area contributed by atoms with Gasteiger partial charge in [-0.25, -0.2) is 8.42 Å². The van der Waals surface area contributed by atoms with Crippen molar-refractivity contribution >= 4 is 43.2 Å². The van der Waals surface area contributed by atoms with Gasteiger partial charge in [0.2, 0.25) is 0 Å². The Hall–Kier alpha value is -4.09. The van der Waals surface area contributed by atoms with Gasteiger partial charge in [-0.15, -0.1) is 6.58 Å². The van der Waals surface area contributed by atoms with Crippen molar-refractivity contribution in [2.45, 2.75) is 11.4 Å². The summed E-state index contributed by atoms with van der Waals surface area (Å²) in [6, 6.07) is 16.0. The smallest absolute Gasteiger partial charge is 0.279 e. The zero-order chi connectivity index (χ0) is 26.0. The highest BCUT2D eigenvalue weighted by atomic mass is 32.2. The number of carbonyl (C=O) groups is 1. The SMILES string of the molecule is C=CCn1c(=NC(=O)c2cccc(NS(=O)(=O)c3ccc(OC)cc3)c2)sc2cc3c(cc21)OCCO3. The normalized spacial score (nSPS) is 13.4. The highest BCUT2D eigenvalue weighted by molar-refractivity contribution is 7.92. The van der Waals surface area contributed by atoms with Gasteiger partial charge in [0.25, 0.3) is 15.9 Å². The molecule has 0 radical (unpaired) electrons. The number of hydrogen-bond acceptors (Lipinski definition) is 7. The summed E-state index contributed by atoms with van der Waals surface area (Å²) in [6.07, 6.45) is 1.72. The predicted octanol–water partition coefficient (Wildman–Crippen LogP) is 4.21. The number of carbonyl (C=O) groups excluding carboxylic acids is 1.